The van der Waals surface area contributed by atoms with Crippen molar-refractivity contribution in [3.8, 4) is 5.75 Å². The molecule has 0 saturated heterocycles. The molecule has 2 amide bonds. The number of hydrogen-bond acceptors (Lipinski definition) is 3. The number of benzene rings is 2. The summed E-state index contributed by atoms with van der Waals surface area (Å²) in [5.41, 5.74) is 2.89. The molecular weight excluding hydrogens is 435 g/mol. The molecular formula is C24H30Cl2N2O3. The number of amides is 2. The maximum atomic E-state index is 13.1. The van der Waals surface area contributed by atoms with Crippen molar-refractivity contribution < 1.29 is 14.3 Å². The summed E-state index contributed by atoms with van der Waals surface area (Å²) in [4.78, 5) is 27.2. The molecule has 0 heterocycles. The van der Waals surface area contributed by atoms with Gasteiger partial charge in [-0.25, -0.2) is 0 Å². The highest BCUT2D eigenvalue weighted by Gasteiger charge is 2.26. The highest BCUT2D eigenvalue weighted by molar-refractivity contribution is 6.42. The summed E-state index contributed by atoms with van der Waals surface area (Å²) in [5, 5.41) is 3.73. The summed E-state index contributed by atoms with van der Waals surface area (Å²) >= 11 is 12.1. The van der Waals surface area contributed by atoms with Gasteiger partial charge in [-0.15, -0.1) is 0 Å². The molecule has 2 rings (SSSR count). The Morgan fingerprint density at radius 2 is 1.74 bits per heavy atom. The number of aryl methyl sites for hydroxylation is 2. The lowest BCUT2D eigenvalue weighted by Gasteiger charge is -2.29. The van der Waals surface area contributed by atoms with Gasteiger partial charge in [0.15, 0.2) is 6.61 Å². The summed E-state index contributed by atoms with van der Waals surface area (Å²) in [6.45, 7) is 8.34. The van der Waals surface area contributed by atoms with Gasteiger partial charge in [0.05, 0.1) is 10.0 Å². The lowest BCUT2D eigenvalue weighted by molar-refractivity contribution is -0.142. The van der Waals surface area contributed by atoms with Crippen molar-refractivity contribution in [1.82, 2.24) is 10.2 Å². The smallest absolute Gasteiger partial charge is 0.261 e. The molecule has 2 aromatic rings. The fraction of sp³-hybridized carbons (Fsp3) is 0.417. The zero-order valence-corrected chi connectivity index (χ0v) is 20.0. The summed E-state index contributed by atoms with van der Waals surface area (Å²) in [7, 11) is 0. The minimum atomic E-state index is -0.665. The van der Waals surface area contributed by atoms with Gasteiger partial charge in [0, 0.05) is 13.1 Å². The van der Waals surface area contributed by atoms with E-state index in [4.69, 9.17) is 27.9 Å². The molecule has 5 nitrogen and oxygen atoms in total. The van der Waals surface area contributed by atoms with Crippen molar-refractivity contribution in [1.29, 1.82) is 0 Å². The third-order valence-electron chi connectivity index (χ3n) is 4.89. The average Bonchev–Trinajstić information content (AvgIpc) is 2.71. The van der Waals surface area contributed by atoms with Gasteiger partial charge in [-0.05, 0) is 68.1 Å². The molecule has 0 bridgehead atoms. The molecule has 0 radical (unpaired) electrons. The maximum Gasteiger partial charge on any atom is 0.261 e. The third kappa shape index (κ3) is 7.75. The van der Waals surface area contributed by atoms with E-state index in [0.717, 1.165) is 29.5 Å². The lowest BCUT2D eigenvalue weighted by atomic mass is 10.1. The number of unbranched alkanes of at least 4 members (excludes halogenated alkanes) is 1. The zero-order valence-electron chi connectivity index (χ0n) is 18.5. The molecule has 1 N–H and O–H groups in total. The van der Waals surface area contributed by atoms with Crippen LogP contribution in [0.15, 0.2) is 36.4 Å². The van der Waals surface area contributed by atoms with Crippen LogP contribution >= 0.6 is 23.2 Å². The minimum absolute atomic E-state index is 0.170. The first-order valence-corrected chi connectivity index (χ1v) is 11.2. The van der Waals surface area contributed by atoms with Gasteiger partial charge in [0.25, 0.3) is 5.91 Å². The molecule has 1 unspecified atom stereocenters. The highest BCUT2D eigenvalue weighted by atomic mass is 35.5. The fourth-order valence-corrected chi connectivity index (χ4v) is 3.52. The molecule has 0 spiro atoms. The SMILES string of the molecule is CCCCNC(=O)C(C)N(Cc1ccc(Cl)c(Cl)c1)C(=O)COc1cc(C)cc(C)c1. The van der Waals surface area contributed by atoms with Crippen molar-refractivity contribution in [2.45, 2.75) is 53.1 Å². The van der Waals surface area contributed by atoms with E-state index >= 15 is 0 Å². The Morgan fingerprint density at radius 3 is 2.35 bits per heavy atom. The summed E-state index contributed by atoms with van der Waals surface area (Å²) in [6.07, 6.45) is 1.86. The van der Waals surface area contributed by atoms with Gasteiger partial charge in [-0.2, -0.15) is 0 Å². The van der Waals surface area contributed by atoms with Crippen LogP contribution < -0.4 is 10.1 Å². The first-order valence-electron chi connectivity index (χ1n) is 10.4. The summed E-state index contributed by atoms with van der Waals surface area (Å²) < 4.78 is 5.75. The Hall–Kier alpha value is -2.24. The van der Waals surface area contributed by atoms with Crippen LogP contribution in [0.25, 0.3) is 0 Å². The number of hydrogen-bond donors (Lipinski definition) is 1. The number of carbonyl (C=O) groups excluding carboxylic acids is 2. The second-order valence-corrected chi connectivity index (χ2v) is 8.52. The molecule has 1 atom stereocenters. The molecule has 168 valence electrons. The van der Waals surface area contributed by atoms with E-state index < -0.39 is 6.04 Å². The Kier molecular flexibility index (Phi) is 9.66. The zero-order chi connectivity index (χ0) is 23.0. The van der Waals surface area contributed by atoms with Crippen LogP contribution in [0.2, 0.25) is 10.0 Å². The maximum absolute atomic E-state index is 13.1. The second kappa shape index (κ2) is 12.0. The van der Waals surface area contributed by atoms with Crippen molar-refractivity contribution >= 4 is 35.0 Å². The van der Waals surface area contributed by atoms with E-state index in [2.05, 4.69) is 12.2 Å². The number of nitrogens with zero attached hydrogens (tertiary/aromatic N) is 1. The first-order chi connectivity index (χ1) is 14.7. The highest BCUT2D eigenvalue weighted by Crippen LogP contribution is 2.24. The molecule has 0 aliphatic rings. The molecule has 0 aromatic heterocycles. The average molecular weight is 465 g/mol. The van der Waals surface area contributed by atoms with Crippen LogP contribution in [0.1, 0.15) is 43.4 Å². The van der Waals surface area contributed by atoms with Crippen molar-refractivity contribution in [3.05, 3.63) is 63.1 Å². The number of ether oxygens (including phenoxy) is 1. The number of carbonyl (C=O) groups is 2. The number of halogens is 2. The van der Waals surface area contributed by atoms with Crippen molar-refractivity contribution in [3.63, 3.8) is 0 Å². The molecule has 2 aromatic carbocycles. The van der Waals surface area contributed by atoms with Gasteiger partial charge in [0.2, 0.25) is 5.91 Å². The van der Waals surface area contributed by atoms with Crippen molar-refractivity contribution in [2.24, 2.45) is 0 Å². The van der Waals surface area contributed by atoms with Gasteiger partial charge in [-0.1, -0.05) is 48.7 Å². The topological polar surface area (TPSA) is 58.6 Å². The van der Waals surface area contributed by atoms with Crippen LogP contribution in [-0.2, 0) is 16.1 Å². The Bertz CT molecular complexity index is 897. The minimum Gasteiger partial charge on any atom is -0.484 e. The molecule has 0 aliphatic heterocycles. The van der Waals surface area contributed by atoms with Crippen LogP contribution in [0.5, 0.6) is 5.75 Å². The van der Waals surface area contributed by atoms with E-state index in [1.165, 1.54) is 4.90 Å². The summed E-state index contributed by atoms with van der Waals surface area (Å²) in [5.74, 6) is 0.136. The monoisotopic (exact) mass is 464 g/mol. The molecule has 0 aliphatic carbocycles. The van der Waals surface area contributed by atoms with E-state index in [1.54, 1.807) is 25.1 Å². The Morgan fingerprint density at radius 1 is 1.06 bits per heavy atom. The first kappa shape index (κ1) is 25.0. The van der Waals surface area contributed by atoms with E-state index in [-0.39, 0.29) is 25.0 Å². The third-order valence-corrected chi connectivity index (χ3v) is 5.63. The Balaban J connectivity index is 2.16. The quantitative estimate of drug-likeness (QED) is 0.483. The number of rotatable bonds is 10. The Labute approximate surface area is 194 Å². The number of nitrogens with one attached hydrogen (secondary N) is 1. The van der Waals surface area contributed by atoms with E-state index in [1.807, 2.05) is 32.0 Å². The fourth-order valence-electron chi connectivity index (χ4n) is 3.20. The molecule has 7 heteroatoms. The molecule has 0 fully saturated rings. The predicted molar refractivity (Wildman–Crippen MR) is 126 cm³/mol. The normalized spacial score (nSPS) is 11.7. The van der Waals surface area contributed by atoms with Gasteiger partial charge in [0.1, 0.15) is 11.8 Å². The van der Waals surface area contributed by atoms with Gasteiger partial charge >= 0.3 is 0 Å². The van der Waals surface area contributed by atoms with E-state index in [9.17, 15) is 9.59 Å². The summed E-state index contributed by atoms with van der Waals surface area (Å²) in [6, 6.07) is 10.3. The predicted octanol–water partition coefficient (Wildman–Crippen LogP) is 5.32. The lowest BCUT2D eigenvalue weighted by Crippen LogP contribution is -2.49. The van der Waals surface area contributed by atoms with Gasteiger partial charge in [-0.3, -0.25) is 9.59 Å². The van der Waals surface area contributed by atoms with Crippen LogP contribution in [0.3, 0.4) is 0 Å². The molecule has 31 heavy (non-hydrogen) atoms. The van der Waals surface area contributed by atoms with Crippen LogP contribution in [0, 0.1) is 13.8 Å². The second-order valence-electron chi connectivity index (χ2n) is 7.70. The van der Waals surface area contributed by atoms with E-state index in [0.29, 0.717) is 22.3 Å². The van der Waals surface area contributed by atoms with Crippen LogP contribution in [0.4, 0.5) is 0 Å². The standard InChI is InChI=1S/C24H30Cl2N2O3/c1-5-6-9-27-24(30)18(4)28(14-19-7-8-21(25)22(26)13-19)23(29)15-31-20-11-16(2)10-17(3)12-20/h7-8,10-13,18H,5-6,9,14-15H2,1-4H3,(H,27,30). The largest absolute Gasteiger partial charge is 0.484 e. The molecule has 0 saturated carbocycles. The van der Waals surface area contributed by atoms with Crippen molar-refractivity contribution in [2.75, 3.05) is 13.2 Å². The van der Waals surface area contributed by atoms with Crippen LogP contribution in [-0.4, -0.2) is 35.9 Å². The van der Waals surface area contributed by atoms with Gasteiger partial charge < -0.3 is 15.0 Å².